The number of nitrogens with zero attached hydrogens (tertiary/aromatic N) is 1. The van der Waals surface area contributed by atoms with Gasteiger partial charge in [-0.2, -0.15) is 0 Å². The Labute approximate surface area is 182 Å². The Balaban J connectivity index is 1.65. The minimum Gasteiger partial charge on any atom is -0.480 e. The van der Waals surface area contributed by atoms with Crippen LogP contribution < -0.4 is 5.32 Å². The number of amides is 2. The third-order valence-electron chi connectivity index (χ3n) is 5.42. The van der Waals surface area contributed by atoms with Gasteiger partial charge in [0.05, 0.1) is 0 Å². The minimum absolute atomic E-state index is 0.0813. The fourth-order valence-corrected chi connectivity index (χ4v) is 3.89. The summed E-state index contributed by atoms with van der Waals surface area (Å²) < 4.78 is 5.47. The summed E-state index contributed by atoms with van der Waals surface area (Å²) in [7, 11) is 0. The first-order valence-corrected chi connectivity index (χ1v) is 10.2. The zero-order valence-electron chi connectivity index (χ0n) is 18.2. The van der Waals surface area contributed by atoms with Gasteiger partial charge in [-0.3, -0.25) is 9.59 Å². The van der Waals surface area contributed by atoms with E-state index >= 15 is 0 Å². The van der Waals surface area contributed by atoms with Crippen LogP contribution in [-0.2, 0) is 14.3 Å². The van der Waals surface area contributed by atoms with Crippen molar-refractivity contribution < 1.29 is 24.2 Å². The number of carbonyl (C=O) groups is 3. The highest BCUT2D eigenvalue weighted by Gasteiger charge is 2.33. The maximum Gasteiger partial charge on any atom is 0.407 e. The Morgan fingerprint density at radius 1 is 1.03 bits per heavy atom. The second-order valence-corrected chi connectivity index (χ2v) is 8.68. The first-order valence-electron chi connectivity index (χ1n) is 10.2. The molecule has 7 nitrogen and oxygen atoms in total. The molecule has 1 aliphatic carbocycles. The van der Waals surface area contributed by atoms with Crippen LogP contribution in [0.3, 0.4) is 0 Å². The Morgan fingerprint density at radius 3 is 2.03 bits per heavy atom. The van der Waals surface area contributed by atoms with Crippen molar-refractivity contribution >= 4 is 18.0 Å². The third kappa shape index (κ3) is 4.87. The zero-order chi connectivity index (χ0) is 22.8. The van der Waals surface area contributed by atoms with E-state index in [-0.39, 0.29) is 12.5 Å². The highest BCUT2D eigenvalue weighted by Crippen LogP contribution is 2.44. The number of hydrogen-bond acceptors (Lipinski definition) is 4. The monoisotopic (exact) mass is 424 g/mol. The Bertz CT molecular complexity index is 950. The minimum atomic E-state index is -1.11. The molecule has 164 valence electrons. The van der Waals surface area contributed by atoms with Crippen molar-refractivity contribution in [1.29, 1.82) is 0 Å². The van der Waals surface area contributed by atoms with Gasteiger partial charge in [0.2, 0.25) is 5.91 Å². The summed E-state index contributed by atoms with van der Waals surface area (Å²) in [5, 5.41) is 11.7. The molecule has 0 fully saturated rings. The lowest BCUT2D eigenvalue weighted by Gasteiger charge is -2.36. The number of carboxylic acids is 1. The number of rotatable bonds is 6. The summed E-state index contributed by atoms with van der Waals surface area (Å²) in [5.41, 5.74) is 3.75. The van der Waals surface area contributed by atoms with Gasteiger partial charge < -0.3 is 20.1 Å². The van der Waals surface area contributed by atoms with Gasteiger partial charge in [-0.15, -0.1) is 0 Å². The first kappa shape index (κ1) is 22.3. The lowest BCUT2D eigenvalue weighted by Crippen LogP contribution is -2.55. The van der Waals surface area contributed by atoms with Crippen molar-refractivity contribution in [2.24, 2.45) is 0 Å². The molecule has 0 radical (unpaired) electrons. The number of aliphatic carboxylic acids is 1. The van der Waals surface area contributed by atoms with Crippen LogP contribution in [0.4, 0.5) is 4.79 Å². The van der Waals surface area contributed by atoms with E-state index < -0.39 is 36.1 Å². The number of hydrogen-bond donors (Lipinski definition) is 2. The van der Waals surface area contributed by atoms with E-state index in [2.05, 4.69) is 17.4 Å². The van der Waals surface area contributed by atoms with E-state index in [4.69, 9.17) is 9.84 Å². The summed E-state index contributed by atoms with van der Waals surface area (Å²) in [6, 6.07) is 15.1. The van der Waals surface area contributed by atoms with Gasteiger partial charge in [0.1, 0.15) is 19.2 Å². The maximum atomic E-state index is 12.7. The van der Waals surface area contributed by atoms with E-state index in [1.54, 1.807) is 20.8 Å². The van der Waals surface area contributed by atoms with Gasteiger partial charge in [-0.1, -0.05) is 48.5 Å². The van der Waals surface area contributed by atoms with E-state index in [1.165, 1.54) is 11.8 Å². The van der Waals surface area contributed by atoms with Crippen molar-refractivity contribution in [2.75, 3.05) is 13.2 Å². The number of carboxylic acid groups (broad SMARTS) is 1. The lowest BCUT2D eigenvalue weighted by molar-refractivity contribution is -0.149. The Kier molecular flexibility index (Phi) is 6.34. The Hall–Kier alpha value is -3.35. The lowest BCUT2D eigenvalue weighted by atomic mass is 9.98. The highest BCUT2D eigenvalue weighted by atomic mass is 16.5. The van der Waals surface area contributed by atoms with Crippen LogP contribution in [-0.4, -0.2) is 52.7 Å². The van der Waals surface area contributed by atoms with Gasteiger partial charge in [0.15, 0.2) is 0 Å². The number of alkyl carbamates (subject to hydrolysis) is 1. The van der Waals surface area contributed by atoms with Crippen molar-refractivity contribution in [2.45, 2.75) is 45.2 Å². The van der Waals surface area contributed by atoms with Crippen molar-refractivity contribution in [1.82, 2.24) is 10.2 Å². The maximum absolute atomic E-state index is 12.7. The van der Waals surface area contributed by atoms with Crippen LogP contribution in [0, 0.1) is 0 Å². The molecule has 0 unspecified atom stereocenters. The number of benzene rings is 2. The molecule has 7 heteroatoms. The predicted octanol–water partition coefficient (Wildman–Crippen LogP) is 3.63. The standard InChI is InChI=1S/C24H28N2O5/c1-15(22(29)26(13-21(27)28)24(2,3)4)25-23(30)31-14-20-18-11-7-5-9-16(18)17-10-6-8-12-19(17)20/h5-12,15,20H,13-14H2,1-4H3,(H,25,30)(H,27,28)/t15-/m1/s1. The largest absolute Gasteiger partial charge is 0.480 e. The van der Waals surface area contributed by atoms with E-state index in [0.29, 0.717) is 0 Å². The van der Waals surface area contributed by atoms with Gasteiger partial charge >= 0.3 is 12.1 Å². The molecule has 0 bridgehead atoms. The van der Waals surface area contributed by atoms with E-state index in [0.717, 1.165) is 22.3 Å². The van der Waals surface area contributed by atoms with E-state index in [9.17, 15) is 14.4 Å². The highest BCUT2D eigenvalue weighted by molar-refractivity contribution is 5.88. The van der Waals surface area contributed by atoms with Crippen molar-refractivity contribution in [3.05, 3.63) is 59.7 Å². The molecule has 0 saturated heterocycles. The molecular formula is C24H28N2O5. The molecule has 0 aromatic heterocycles. The molecule has 3 rings (SSSR count). The zero-order valence-corrected chi connectivity index (χ0v) is 18.2. The van der Waals surface area contributed by atoms with Crippen LogP contribution >= 0.6 is 0 Å². The second-order valence-electron chi connectivity index (χ2n) is 8.68. The molecule has 2 aromatic rings. The van der Waals surface area contributed by atoms with Gasteiger partial charge in [0.25, 0.3) is 0 Å². The van der Waals surface area contributed by atoms with Gasteiger partial charge in [0, 0.05) is 11.5 Å². The molecule has 0 saturated carbocycles. The molecule has 2 aromatic carbocycles. The smallest absolute Gasteiger partial charge is 0.407 e. The fraction of sp³-hybridized carbons (Fsp3) is 0.375. The first-order chi connectivity index (χ1) is 14.6. The third-order valence-corrected chi connectivity index (χ3v) is 5.42. The average Bonchev–Trinajstić information content (AvgIpc) is 3.03. The summed E-state index contributed by atoms with van der Waals surface area (Å²) in [6.07, 6.45) is -0.716. The van der Waals surface area contributed by atoms with Crippen molar-refractivity contribution in [3.63, 3.8) is 0 Å². The molecule has 0 spiro atoms. The summed E-state index contributed by atoms with van der Waals surface area (Å²) in [6.45, 7) is 6.44. The average molecular weight is 424 g/mol. The summed E-state index contributed by atoms with van der Waals surface area (Å²) >= 11 is 0. The van der Waals surface area contributed by atoms with Gasteiger partial charge in [-0.05, 0) is 49.9 Å². The normalized spacial score (nSPS) is 13.7. The van der Waals surface area contributed by atoms with Crippen LogP contribution in [0.1, 0.15) is 44.7 Å². The predicted molar refractivity (Wildman–Crippen MR) is 117 cm³/mol. The number of carbonyl (C=O) groups excluding carboxylic acids is 2. The molecule has 31 heavy (non-hydrogen) atoms. The number of nitrogens with one attached hydrogen (secondary N) is 1. The van der Waals surface area contributed by atoms with E-state index in [1.807, 2.05) is 36.4 Å². The fourth-order valence-electron chi connectivity index (χ4n) is 3.89. The number of ether oxygens (including phenoxy) is 1. The van der Waals surface area contributed by atoms with Crippen molar-refractivity contribution in [3.8, 4) is 11.1 Å². The van der Waals surface area contributed by atoms with Crippen LogP contribution in [0.15, 0.2) is 48.5 Å². The Morgan fingerprint density at radius 2 is 1.55 bits per heavy atom. The molecule has 2 amide bonds. The van der Waals surface area contributed by atoms with Crippen LogP contribution in [0.5, 0.6) is 0 Å². The molecule has 0 heterocycles. The van der Waals surface area contributed by atoms with Gasteiger partial charge in [-0.25, -0.2) is 4.79 Å². The molecule has 2 N–H and O–H groups in total. The number of fused-ring (bicyclic) bond motifs is 3. The van der Waals surface area contributed by atoms with Crippen LogP contribution in [0.2, 0.25) is 0 Å². The molecule has 0 aliphatic heterocycles. The summed E-state index contributed by atoms with van der Waals surface area (Å²) in [5.74, 6) is -1.68. The topological polar surface area (TPSA) is 95.9 Å². The summed E-state index contributed by atoms with van der Waals surface area (Å²) in [4.78, 5) is 37.5. The quantitative estimate of drug-likeness (QED) is 0.738. The SMILES string of the molecule is C[C@@H](NC(=O)OCC1c2ccccc2-c2ccccc21)C(=O)N(CC(=O)O)C(C)(C)C. The molecular weight excluding hydrogens is 396 g/mol. The van der Waals surface area contributed by atoms with Crippen LogP contribution in [0.25, 0.3) is 11.1 Å². The molecule has 1 aliphatic rings. The molecule has 1 atom stereocenters. The second kappa shape index (κ2) is 8.79.